The first-order valence-electron chi connectivity index (χ1n) is 4.10. The van der Waals surface area contributed by atoms with Crippen molar-refractivity contribution in [2.75, 3.05) is 26.4 Å². The van der Waals surface area contributed by atoms with Gasteiger partial charge in [-0.25, -0.2) is 0 Å². The van der Waals surface area contributed by atoms with Crippen LogP contribution < -0.4 is 0 Å². The molecule has 3 heteroatoms. The Morgan fingerprint density at radius 3 is 2.45 bits per heavy atom. The lowest BCUT2D eigenvalue weighted by Gasteiger charge is -2.13. The second-order valence-electron chi connectivity index (χ2n) is 2.90. The van der Waals surface area contributed by atoms with Gasteiger partial charge < -0.3 is 14.2 Å². The van der Waals surface area contributed by atoms with Gasteiger partial charge in [0.15, 0.2) is 0 Å². The van der Waals surface area contributed by atoms with E-state index in [0.29, 0.717) is 26.4 Å². The van der Waals surface area contributed by atoms with Gasteiger partial charge in [-0.15, -0.1) is 0 Å². The summed E-state index contributed by atoms with van der Waals surface area (Å²) in [5, 5.41) is 0. The van der Waals surface area contributed by atoms with Crippen molar-refractivity contribution in [3.63, 3.8) is 0 Å². The zero-order chi connectivity index (χ0) is 8.10. The van der Waals surface area contributed by atoms with Crippen molar-refractivity contribution in [2.24, 2.45) is 0 Å². The molecule has 1 fully saturated rings. The summed E-state index contributed by atoms with van der Waals surface area (Å²) in [6.45, 7) is 6.73. The van der Waals surface area contributed by atoms with Gasteiger partial charge in [0, 0.05) is 0 Å². The lowest BCUT2D eigenvalue weighted by Crippen LogP contribution is -2.20. The molecule has 0 aromatic rings. The molecule has 0 amide bonds. The molecule has 1 aliphatic heterocycles. The minimum Gasteiger partial charge on any atom is -0.376 e. The highest BCUT2D eigenvalue weighted by molar-refractivity contribution is 4.54. The Balaban J connectivity index is 2.25. The van der Waals surface area contributed by atoms with E-state index in [1.54, 1.807) is 0 Å². The van der Waals surface area contributed by atoms with Crippen molar-refractivity contribution in [1.82, 2.24) is 0 Å². The third-order valence-corrected chi connectivity index (χ3v) is 1.60. The highest BCUT2D eigenvalue weighted by Crippen LogP contribution is 2.00. The molecule has 0 aromatic carbocycles. The van der Waals surface area contributed by atoms with Gasteiger partial charge in [0.25, 0.3) is 0 Å². The van der Waals surface area contributed by atoms with Gasteiger partial charge in [0.1, 0.15) is 0 Å². The second kappa shape index (κ2) is 4.70. The quantitative estimate of drug-likeness (QED) is 0.525. The monoisotopic (exact) mass is 160 g/mol. The summed E-state index contributed by atoms with van der Waals surface area (Å²) in [5.41, 5.74) is 0. The first kappa shape index (κ1) is 8.97. The Morgan fingerprint density at radius 2 is 1.64 bits per heavy atom. The van der Waals surface area contributed by atoms with Crippen molar-refractivity contribution in [2.45, 2.75) is 26.1 Å². The average molecular weight is 160 g/mol. The molecule has 66 valence electrons. The molecular formula is C8H16O3. The van der Waals surface area contributed by atoms with Gasteiger partial charge in [0.2, 0.25) is 0 Å². The first-order chi connectivity index (χ1) is 5.29. The minimum atomic E-state index is 0.194. The average Bonchev–Trinajstić information content (AvgIpc) is 2.06. The molecule has 0 aliphatic carbocycles. The summed E-state index contributed by atoms with van der Waals surface area (Å²) in [6.07, 6.45) is 0.387. The predicted molar refractivity (Wildman–Crippen MR) is 41.6 cm³/mol. The van der Waals surface area contributed by atoms with Crippen LogP contribution in [0.15, 0.2) is 0 Å². The van der Waals surface area contributed by atoms with Gasteiger partial charge in [-0.2, -0.15) is 0 Å². The van der Waals surface area contributed by atoms with Crippen LogP contribution in [-0.2, 0) is 14.2 Å². The fourth-order valence-electron chi connectivity index (χ4n) is 0.954. The highest BCUT2D eigenvalue weighted by Gasteiger charge is 2.09. The van der Waals surface area contributed by atoms with Gasteiger partial charge in [0.05, 0.1) is 38.6 Å². The molecule has 0 saturated carbocycles. The molecule has 1 saturated heterocycles. The van der Waals surface area contributed by atoms with Crippen molar-refractivity contribution in [3.05, 3.63) is 0 Å². The van der Waals surface area contributed by atoms with Gasteiger partial charge >= 0.3 is 0 Å². The first-order valence-corrected chi connectivity index (χ1v) is 4.10. The van der Waals surface area contributed by atoms with Crippen LogP contribution >= 0.6 is 0 Å². The maximum absolute atomic E-state index is 5.43. The lowest BCUT2D eigenvalue weighted by atomic mass is 10.4. The SMILES string of the molecule is CC1COCCOC(C)CO1. The topological polar surface area (TPSA) is 27.7 Å². The smallest absolute Gasteiger partial charge is 0.0781 e. The largest absolute Gasteiger partial charge is 0.376 e. The van der Waals surface area contributed by atoms with Crippen LogP contribution in [0.5, 0.6) is 0 Å². The van der Waals surface area contributed by atoms with Crippen molar-refractivity contribution < 1.29 is 14.2 Å². The van der Waals surface area contributed by atoms with E-state index in [9.17, 15) is 0 Å². The van der Waals surface area contributed by atoms with Crippen molar-refractivity contribution >= 4 is 0 Å². The zero-order valence-electron chi connectivity index (χ0n) is 7.21. The van der Waals surface area contributed by atoms with Crippen LogP contribution in [0.25, 0.3) is 0 Å². The Morgan fingerprint density at radius 1 is 0.909 bits per heavy atom. The Labute approximate surface area is 67.6 Å². The van der Waals surface area contributed by atoms with E-state index in [2.05, 4.69) is 0 Å². The van der Waals surface area contributed by atoms with Crippen LogP contribution in [0.2, 0.25) is 0 Å². The maximum Gasteiger partial charge on any atom is 0.0781 e. The normalized spacial score (nSPS) is 35.5. The summed E-state index contributed by atoms with van der Waals surface area (Å²) in [7, 11) is 0. The summed E-state index contributed by atoms with van der Waals surface area (Å²) >= 11 is 0. The third-order valence-electron chi connectivity index (χ3n) is 1.60. The molecule has 0 aromatic heterocycles. The Kier molecular flexibility index (Phi) is 3.83. The van der Waals surface area contributed by atoms with E-state index < -0.39 is 0 Å². The van der Waals surface area contributed by atoms with E-state index in [1.807, 2.05) is 13.8 Å². The van der Waals surface area contributed by atoms with Crippen molar-refractivity contribution in [3.8, 4) is 0 Å². The third kappa shape index (κ3) is 3.70. The fraction of sp³-hybridized carbons (Fsp3) is 1.00. The summed E-state index contributed by atoms with van der Waals surface area (Å²) in [5.74, 6) is 0. The van der Waals surface area contributed by atoms with E-state index in [0.717, 1.165) is 0 Å². The molecule has 2 atom stereocenters. The molecular weight excluding hydrogens is 144 g/mol. The predicted octanol–water partition coefficient (Wildman–Crippen LogP) is 0.827. The standard InChI is InChI=1S/C8H16O3/c1-7-5-9-3-4-10-8(2)6-11-7/h7-8H,3-6H2,1-2H3. The van der Waals surface area contributed by atoms with Crippen LogP contribution in [0, 0.1) is 0 Å². The molecule has 0 bridgehead atoms. The second-order valence-corrected chi connectivity index (χ2v) is 2.90. The minimum absolute atomic E-state index is 0.194. The molecule has 11 heavy (non-hydrogen) atoms. The molecule has 2 unspecified atom stereocenters. The highest BCUT2D eigenvalue weighted by atomic mass is 16.6. The maximum atomic E-state index is 5.43. The summed E-state index contributed by atoms with van der Waals surface area (Å²) in [6, 6.07) is 0. The van der Waals surface area contributed by atoms with E-state index in [1.165, 1.54) is 0 Å². The van der Waals surface area contributed by atoms with Crippen LogP contribution in [0.4, 0.5) is 0 Å². The van der Waals surface area contributed by atoms with Gasteiger partial charge in [-0.05, 0) is 13.8 Å². The van der Waals surface area contributed by atoms with Crippen molar-refractivity contribution in [1.29, 1.82) is 0 Å². The number of hydrogen-bond donors (Lipinski definition) is 0. The number of ether oxygens (including phenoxy) is 3. The zero-order valence-corrected chi connectivity index (χ0v) is 7.21. The van der Waals surface area contributed by atoms with Gasteiger partial charge in [-0.3, -0.25) is 0 Å². The fourth-order valence-corrected chi connectivity index (χ4v) is 0.954. The summed E-state index contributed by atoms with van der Waals surface area (Å²) < 4.78 is 16.1. The van der Waals surface area contributed by atoms with Gasteiger partial charge in [-0.1, -0.05) is 0 Å². The molecule has 1 heterocycles. The Bertz CT molecular complexity index is 93.5. The van der Waals surface area contributed by atoms with E-state index in [4.69, 9.17) is 14.2 Å². The number of rotatable bonds is 0. The molecule has 1 rings (SSSR count). The summed E-state index contributed by atoms with van der Waals surface area (Å²) in [4.78, 5) is 0. The number of hydrogen-bond acceptors (Lipinski definition) is 3. The lowest BCUT2D eigenvalue weighted by molar-refractivity contribution is -0.0211. The molecule has 3 nitrogen and oxygen atoms in total. The van der Waals surface area contributed by atoms with E-state index >= 15 is 0 Å². The van der Waals surface area contributed by atoms with E-state index in [-0.39, 0.29) is 12.2 Å². The molecule has 0 spiro atoms. The van der Waals surface area contributed by atoms with Crippen LogP contribution in [0.1, 0.15) is 13.8 Å². The molecule has 0 N–H and O–H groups in total. The molecule has 1 aliphatic rings. The van der Waals surface area contributed by atoms with Crippen LogP contribution in [0.3, 0.4) is 0 Å². The molecule has 0 radical (unpaired) electrons. The Hall–Kier alpha value is -0.120. The van der Waals surface area contributed by atoms with Crippen LogP contribution in [-0.4, -0.2) is 38.6 Å².